The van der Waals surface area contributed by atoms with Gasteiger partial charge in [0.2, 0.25) is 5.91 Å². The van der Waals surface area contributed by atoms with Crippen molar-refractivity contribution in [3.63, 3.8) is 0 Å². The van der Waals surface area contributed by atoms with Gasteiger partial charge in [0.25, 0.3) is 0 Å². The largest absolute Gasteiger partial charge is 0.340 e. The van der Waals surface area contributed by atoms with Crippen LogP contribution in [-0.2, 0) is 4.79 Å². The SMILES string of the molecule is CCN1CCN(C(=O)CC(N)C(C)C)CC1. The van der Waals surface area contributed by atoms with Crippen molar-refractivity contribution in [2.75, 3.05) is 32.7 Å². The van der Waals surface area contributed by atoms with Gasteiger partial charge in [0, 0.05) is 38.6 Å². The Balaban J connectivity index is 2.33. The first-order valence-electron chi connectivity index (χ1n) is 6.30. The maximum Gasteiger partial charge on any atom is 0.224 e. The van der Waals surface area contributed by atoms with Crippen molar-refractivity contribution in [3.8, 4) is 0 Å². The second-order valence-electron chi connectivity index (χ2n) is 4.93. The Labute approximate surface area is 98.8 Å². The minimum Gasteiger partial charge on any atom is -0.340 e. The van der Waals surface area contributed by atoms with E-state index in [1.54, 1.807) is 0 Å². The average molecular weight is 227 g/mol. The lowest BCUT2D eigenvalue weighted by molar-refractivity contribution is -0.133. The Bertz CT molecular complexity index is 222. The van der Waals surface area contributed by atoms with Crippen LogP contribution in [0.25, 0.3) is 0 Å². The summed E-state index contributed by atoms with van der Waals surface area (Å²) in [5.74, 6) is 0.595. The van der Waals surface area contributed by atoms with Crippen LogP contribution in [0.3, 0.4) is 0 Å². The molecular weight excluding hydrogens is 202 g/mol. The van der Waals surface area contributed by atoms with Crippen molar-refractivity contribution in [3.05, 3.63) is 0 Å². The predicted octanol–water partition coefficient (Wildman–Crippen LogP) is 0.524. The Morgan fingerprint density at radius 3 is 2.25 bits per heavy atom. The summed E-state index contributed by atoms with van der Waals surface area (Å²) in [6.45, 7) is 11.1. The minimum absolute atomic E-state index is 0.00305. The van der Waals surface area contributed by atoms with Crippen LogP contribution >= 0.6 is 0 Å². The van der Waals surface area contributed by atoms with Crippen LogP contribution < -0.4 is 5.73 Å². The molecule has 1 aliphatic rings. The molecule has 94 valence electrons. The highest BCUT2D eigenvalue weighted by molar-refractivity contribution is 5.77. The smallest absolute Gasteiger partial charge is 0.224 e. The number of rotatable bonds is 4. The van der Waals surface area contributed by atoms with Crippen LogP contribution in [0.5, 0.6) is 0 Å². The Morgan fingerprint density at radius 2 is 1.81 bits per heavy atom. The number of nitrogens with zero attached hydrogens (tertiary/aromatic N) is 2. The van der Waals surface area contributed by atoms with Crippen LogP contribution in [0.1, 0.15) is 27.2 Å². The summed E-state index contributed by atoms with van der Waals surface area (Å²) in [7, 11) is 0. The highest BCUT2D eigenvalue weighted by atomic mass is 16.2. The summed E-state index contributed by atoms with van der Waals surface area (Å²) in [5, 5.41) is 0. The molecule has 1 fully saturated rings. The molecule has 1 amide bonds. The predicted molar refractivity (Wildman–Crippen MR) is 66.1 cm³/mol. The summed E-state index contributed by atoms with van der Waals surface area (Å²) in [6.07, 6.45) is 0.490. The minimum atomic E-state index is -0.00305. The van der Waals surface area contributed by atoms with Crippen molar-refractivity contribution in [2.45, 2.75) is 33.2 Å². The lowest BCUT2D eigenvalue weighted by atomic mass is 10.0. The number of hydrogen-bond acceptors (Lipinski definition) is 3. The fourth-order valence-corrected chi connectivity index (χ4v) is 1.88. The molecule has 4 nitrogen and oxygen atoms in total. The molecule has 0 aliphatic carbocycles. The van der Waals surface area contributed by atoms with Gasteiger partial charge in [-0.1, -0.05) is 20.8 Å². The fourth-order valence-electron chi connectivity index (χ4n) is 1.88. The van der Waals surface area contributed by atoms with Crippen molar-refractivity contribution in [2.24, 2.45) is 11.7 Å². The van der Waals surface area contributed by atoms with Gasteiger partial charge in [-0.2, -0.15) is 0 Å². The number of piperazine rings is 1. The molecule has 0 aromatic rings. The van der Waals surface area contributed by atoms with Gasteiger partial charge in [-0.05, 0) is 12.5 Å². The van der Waals surface area contributed by atoms with Gasteiger partial charge in [0.15, 0.2) is 0 Å². The summed E-state index contributed by atoms with van der Waals surface area (Å²) in [6, 6.07) is -0.00305. The summed E-state index contributed by atoms with van der Waals surface area (Å²) in [4.78, 5) is 16.3. The maximum atomic E-state index is 11.9. The van der Waals surface area contributed by atoms with E-state index in [1.165, 1.54) is 0 Å². The molecule has 1 aliphatic heterocycles. The molecule has 0 spiro atoms. The number of nitrogens with two attached hydrogens (primary N) is 1. The normalized spacial score (nSPS) is 20.2. The Hall–Kier alpha value is -0.610. The highest BCUT2D eigenvalue weighted by Gasteiger charge is 2.22. The van der Waals surface area contributed by atoms with E-state index in [-0.39, 0.29) is 11.9 Å². The van der Waals surface area contributed by atoms with Crippen LogP contribution in [-0.4, -0.2) is 54.5 Å². The summed E-state index contributed by atoms with van der Waals surface area (Å²) >= 11 is 0. The molecule has 2 N–H and O–H groups in total. The first-order valence-corrected chi connectivity index (χ1v) is 6.30. The van der Waals surface area contributed by atoms with E-state index in [1.807, 2.05) is 4.90 Å². The van der Waals surface area contributed by atoms with E-state index in [2.05, 4.69) is 25.7 Å². The lowest BCUT2D eigenvalue weighted by Gasteiger charge is -2.34. The molecule has 1 atom stereocenters. The molecule has 1 unspecified atom stereocenters. The van der Waals surface area contributed by atoms with Gasteiger partial charge >= 0.3 is 0 Å². The van der Waals surface area contributed by atoms with Crippen molar-refractivity contribution < 1.29 is 4.79 Å². The van der Waals surface area contributed by atoms with Gasteiger partial charge in [-0.15, -0.1) is 0 Å². The fraction of sp³-hybridized carbons (Fsp3) is 0.917. The molecule has 0 aromatic heterocycles. The van der Waals surface area contributed by atoms with E-state index >= 15 is 0 Å². The zero-order valence-electron chi connectivity index (χ0n) is 10.8. The third-order valence-corrected chi connectivity index (χ3v) is 3.44. The first kappa shape index (κ1) is 13.5. The molecule has 16 heavy (non-hydrogen) atoms. The van der Waals surface area contributed by atoms with E-state index in [4.69, 9.17) is 5.73 Å². The molecular formula is C12H25N3O. The number of likely N-dealkylation sites (N-methyl/N-ethyl adjacent to an activating group) is 1. The average Bonchev–Trinajstić information content (AvgIpc) is 2.28. The van der Waals surface area contributed by atoms with E-state index in [0.717, 1.165) is 32.7 Å². The van der Waals surface area contributed by atoms with Crippen molar-refractivity contribution >= 4 is 5.91 Å². The van der Waals surface area contributed by atoms with Gasteiger partial charge in [0.1, 0.15) is 0 Å². The zero-order chi connectivity index (χ0) is 12.1. The monoisotopic (exact) mass is 227 g/mol. The van der Waals surface area contributed by atoms with Crippen LogP contribution in [0.2, 0.25) is 0 Å². The molecule has 1 heterocycles. The van der Waals surface area contributed by atoms with Crippen LogP contribution in [0, 0.1) is 5.92 Å². The van der Waals surface area contributed by atoms with Crippen molar-refractivity contribution in [1.29, 1.82) is 0 Å². The third kappa shape index (κ3) is 3.76. The molecule has 0 radical (unpaired) electrons. The summed E-state index contributed by atoms with van der Waals surface area (Å²) < 4.78 is 0. The molecule has 1 rings (SSSR count). The standard InChI is InChI=1S/C12H25N3O/c1-4-14-5-7-15(8-6-14)12(16)9-11(13)10(2)3/h10-11H,4-9,13H2,1-3H3. The molecule has 0 bridgehead atoms. The number of amides is 1. The van der Waals surface area contributed by atoms with E-state index in [9.17, 15) is 4.79 Å². The van der Waals surface area contributed by atoms with Gasteiger partial charge in [-0.25, -0.2) is 0 Å². The van der Waals surface area contributed by atoms with Gasteiger partial charge in [0.05, 0.1) is 0 Å². The van der Waals surface area contributed by atoms with Crippen molar-refractivity contribution in [1.82, 2.24) is 9.80 Å². The zero-order valence-corrected chi connectivity index (χ0v) is 10.8. The van der Waals surface area contributed by atoms with Gasteiger partial charge in [-0.3, -0.25) is 4.79 Å². The third-order valence-electron chi connectivity index (χ3n) is 3.44. The quantitative estimate of drug-likeness (QED) is 0.762. The number of hydrogen-bond donors (Lipinski definition) is 1. The topological polar surface area (TPSA) is 49.6 Å². The van der Waals surface area contributed by atoms with Crippen LogP contribution in [0.15, 0.2) is 0 Å². The summed E-state index contributed by atoms with van der Waals surface area (Å²) in [5.41, 5.74) is 5.92. The highest BCUT2D eigenvalue weighted by Crippen LogP contribution is 2.08. The molecule has 0 aromatic carbocycles. The van der Waals surface area contributed by atoms with Gasteiger partial charge < -0.3 is 15.5 Å². The molecule has 4 heteroatoms. The maximum absolute atomic E-state index is 11.9. The first-order chi connectivity index (χ1) is 7.54. The number of carbonyl (C=O) groups is 1. The Morgan fingerprint density at radius 1 is 1.25 bits per heavy atom. The lowest BCUT2D eigenvalue weighted by Crippen LogP contribution is -2.49. The Kier molecular flexibility index (Phi) is 5.22. The second kappa shape index (κ2) is 6.21. The van der Waals surface area contributed by atoms with E-state index in [0.29, 0.717) is 12.3 Å². The number of carbonyl (C=O) groups excluding carboxylic acids is 1. The molecule has 0 saturated carbocycles. The molecule has 1 saturated heterocycles. The van der Waals surface area contributed by atoms with Crippen LogP contribution in [0.4, 0.5) is 0 Å². The second-order valence-corrected chi connectivity index (χ2v) is 4.93. The van der Waals surface area contributed by atoms with E-state index < -0.39 is 0 Å².